The van der Waals surface area contributed by atoms with Gasteiger partial charge in [0.1, 0.15) is 0 Å². The van der Waals surface area contributed by atoms with Crippen molar-refractivity contribution in [3.05, 3.63) is 0 Å². The van der Waals surface area contributed by atoms with E-state index in [0.717, 1.165) is 25.0 Å². The molecule has 1 saturated heterocycles. The summed E-state index contributed by atoms with van der Waals surface area (Å²) in [5.41, 5.74) is 0.172. The third kappa shape index (κ3) is 2.71. The van der Waals surface area contributed by atoms with Gasteiger partial charge in [-0.05, 0) is 6.92 Å². The van der Waals surface area contributed by atoms with Crippen molar-refractivity contribution in [3.63, 3.8) is 0 Å². The fourth-order valence-electron chi connectivity index (χ4n) is 1.10. The van der Waals surface area contributed by atoms with E-state index in [2.05, 4.69) is 29.8 Å². The molecule has 1 fully saturated rings. The minimum Gasteiger partial charge on any atom is -0.350 e. The number of rotatable bonds is 2. The van der Waals surface area contributed by atoms with E-state index in [1.165, 1.54) is 0 Å². The zero-order chi connectivity index (χ0) is 9.24. The Morgan fingerprint density at radius 1 is 1.17 bits per heavy atom. The number of alkyl halides is 1. The second-order valence-corrected chi connectivity index (χ2v) is 5.11. The predicted octanol–water partition coefficient (Wildman–Crippen LogP) is 2.56. The highest BCUT2D eigenvalue weighted by Gasteiger charge is 2.35. The molecular weight excluding hydrogens is 220 g/mol. The van der Waals surface area contributed by atoms with Crippen LogP contribution < -0.4 is 0 Å². The largest absolute Gasteiger partial charge is 0.350 e. The van der Waals surface area contributed by atoms with Crippen LogP contribution in [0.25, 0.3) is 0 Å². The lowest BCUT2D eigenvalue weighted by molar-refractivity contribution is -0.289. The summed E-state index contributed by atoms with van der Waals surface area (Å²) in [4.78, 5) is 0. The first kappa shape index (κ1) is 10.5. The van der Waals surface area contributed by atoms with Crippen LogP contribution in [0.4, 0.5) is 0 Å². The van der Waals surface area contributed by atoms with Crippen LogP contribution in [0.5, 0.6) is 0 Å². The van der Waals surface area contributed by atoms with Crippen LogP contribution in [0.2, 0.25) is 0 Å². The molecule has 0 aromatic carbocycles. The van der Waals surface area contributed by atoms with Crippen LogP contribution in [0, 0.1) is 5.41 Å². The Hall–Kier alpha value is 0.400. The Morgan fingerprint density at radius 3 is 2.08 bits per heavy atom. The van der Waals surface area contributed by atoms with Crippen LogP contribution in [-0.2, 0) is 9.47 Å². The van der Waals surface area contributed by atoms with Crippen LogP contribution in [0.15, 0.2) is 0 Å². The van der Waals surface area contributed by atoms with Gasteiger partial charge < -0.3 is 9.47 Å². The van der Waals surface area contributed by atoms with Gasteiger partial charge in [0, 0.05) is 17.2 Å². The van der Waals surface area contributed by atoms with Crippen molar-refractivity contribution in [1.82, 2.24) is 0 Å². The van der Waals surface area contributed by atoms with Crippen LogP contribution >= 0.6 is 15.9 Å². The number of halogens is 1. The van der Waals surface area contributed by atoms with Gasteiger partial charge in [-0.3, -0.25) is 0 Å². The normalized spacial score (nSPS) is 27.0. The van der Waals surface area contributed by atoms with Gasteiger partial charge in [0.15, 0.2) is 5.79 Å². The summed E-state index contributed by atoms with van der Waals surface area (Å²) in [5, 5.41) is 0.921. The molecule has 0 saturated carbocycles. The molecule has 0 bridgehead atoms. The third-order valence-electron chi connectivity index (χ3n) is 2.09. The summed E-state index contributed by atoms with van der Waals surface area (Å²) in [6.07, 6.45) is 0.906. The highest BCUT2D eigenvalue weighted by atomic mass is 79.9. The van der Waals surface area contributed by atoms with E-state index in [1.54, 1.807) is 0 Å². The Labute approximate surface area is 82.7 Å². The Kier molecular flexibility index (Phi) is 3.18. The number of ether oxygens (including phenoxy) is 2. The molecule has 1 aliphatic rings. The predicted molar refractivity (Wildman–Crippen MR) is 52.5 cm³/mol. The van der Waals surface area contributed by atoms with Crippen molar-refractivity contribution >= 4 is 15.9 Å². The first-order valence-corrected chi connectivity index (χ1v) is 5.43. The van der Waals surface area contributed by atoms with E-state index < -0.39 is 0 Å². The van der Waals surface area contributed by atoms with Crippen molar-refractivity contribution in [2.24, 2.45) is 5.41 Å². The van der Waals surface area contributed by atoms with Crippen LogP contribution in [-0.4, -0.2) is 24.3 Å². The Balaban J connectivity index is 2.44. The van der Waals surface area contributed by atoms with E-state index in [0.29, 0.717) is 0 Å². The monoisotopic (exact) mass is 236 g/mol. The van der Waals surface area contributed by atoms with Gasteiger partial charge in [0.2, 0.25) is 0 Å². The van der Waals surface area contributed by atoms with Crippen molar-refractivity contribution < 1.29 is 9.47 Å². The minimum atomic E-state index is -0.362. The molecule has 0 unspecified atom stereocenters. The first-order chi connectivity index (χ1) is 5.47. The lowest BCUT2D eigenvalue weighted by atomic mass is 9.94. The topological polar surface area (TPSA) is 18.5 Å². The van der Waals surface area contributed by atoms with Crippen molar-refractivity contribution in [3.8, 4) is 0 Å². The van der Waals surface area contributed by atoms with E-state index >= 15 is 0 Å². The van der Waals surface area contributed by atoms with Crippen molar-refractivity contribution in [1.29, 1.82) is 0 Å². The first-order valence-electron chi connectivity index (χ1n) is 4.31. The molecular formula is C9H17BrO2. The van der Waals surface area contributed by atoms with Crippen LogP contribution in [0.3, 0.4) is 0 Å². The minimum absolute atomic E-state index is 0.172. The zero-order valence-electron chi connectivity index (χ0n) is 8.02. The molecule has 12 heavy (non-hydrogen) atoms. The van der Waals surface area contributed by atoms with Crippen molar-refractivity contribution in [2.75, 3.05) is 18.5 Å². The lowest BCUT2D eigenvalue weighted by Gasteiger charge is -2.41. The van der Waals surface area contributed by atoms with Crippen molar-refractivity contribution in [2.45, 2.75) is 33.0 Å². The zero-order valence-corrected chi connectivity index (χ0v) is 9.61. The van der Waals surface area contributed by atoms with Gasteiger partial charge >= 0.3 is 0 Å². The summed E-state index contributed by atoms with van der Waals surface area (Å²) in [6, 6.07) is 0. The standard InChI is InChI=1S/C9H17BrO2/c1-8(2)6-11-9(3,4-5-10)12-7-8/h4-7H2,1-3H3. The van der Waals surface area contributed by atoms with Gasteiger partial charge in [-0.2, -0.15) is 0 Å². The number of hydrogen-bond donors (Lipinski definition) is 0. The maximum atomic E-state index is 5.67. The molecule has 0 spiro atoms. The van der Waals surface area contributed by atoms with Gasteiger partial charge in [-0.15, -0.1) is 0 Å². The fourth-order valence-corrected chi connectivity index (χ4v) is 1.82. The lowest BCUT2D eigenvalue weighted by Crippen LogP contribution is -2.45. The molecule has 1 heterocycles. The maximum absolute atomic E-state index is 5.67. The summed E-state index contributed by atoms with van der Waals surface area (Å²) in [5.74, 6) is -0.362. The van der Waals surface area contributed by atoms with E-state index in [9.17, 15) is 0 Å². The smallest absolute Gasteiger partial charge is 0.166 e. The van der Waals surface area contributed by atoms with Gasteiger partial charge in [-0.1, -0.05) is 29.8 Å². The molecule has 0 radical (unpaired) electrons. The second kappa shape index (κ2) is 3.64. The molecule has 0 atom stereocenters. The van der Waals surface area contributed by atoms with Gasteiger partial charge in [-0.25, -0.2) is 0 Å². The summed E-state index contributed by atoms with van der Waals surface area (Å²) < 4.78 is 11.3. The molecule has 2 nitrogen and oxygen atoms in total. The van der Waals surface area contributed by atoms with E-state index in [4.69, 9.17) is 9.47 Å². The van der Waals surface area contributed by atoms with Gasteiger partial charge in [0.05, 0.1) is 13.2 Å². The fraction of sp³-hybridized carbons (Fsp3) is 1.00. The molecule has 0 aliphatic carbocycles. The van der Waals surface area contributed by atoms with Gasteiger partial charge in [0.25, 0.3) is 0 Å². The SMILES string of the molecule is CC1(C)COC(C)(CCBr)OC1. The summed E-state index contributed by atoms with van der Waals surface area (Å²) in [6.45, 7) is 7.89. The highest BCUT2D eigenvalue weighted by molar-refractivity contribution is 9.09. The van der Waals surface area contributed by atoms with Crippen LogP contribution in [0.1, 0.15) is 27.2 Å². The summed E-state index contributed by atoms with van der Waals surface area (Å²) >= 11 is 3.39. The average molecular weight is 237 g/mol. The summed E-state index contributed by atoms with van der Waals surface area (Å²) in [7, 11) is 0. The third-order valence-corrected chi connectivity index (χ3v) is 2.48. The molecule has 0 amide bonds. The quantitative estimate of drug-likeness (QED) is 0.687. The molecule has 0 aromatic rings. The van der Waals surface area contributed by atoms with E-state index in [-0.39, 0.29) is 11.2 Å². The molecule has 1 aliphatic heterocycles. The Bertz CT molecular complexity index is 147. The van der Waals surface area contributed by atoms with E-state index in [1.807, 2.05) is 6.92 Å². The second-order valence-electron chi connectivity index (χ2n) is 4.31. The Morgan fingerprint density at radius 2 is 1.67 bits per heavy atom. The molecule has 72 valence electrons. The average Bonchev–Trinajstić information content (AvgIpc) is 1.98. The molecule has 3 heteroatoms. The number of hydrogen-bond acceptors (Lipinski definition) is 2. The maximum Gasteiger partial charge on any atom is 0.166 e. The molecule has 0 N–H and O–H groups in total. The molecule has 0 aromatic heterocycles. The highest BCUT2D eigenvalue weighted by Crippen LogP contribution is 2.31. The molecule has 1 rings (SSSR count).